The molecule has 0 unspecified atom stereocenters. The van der Waals surface area contributed by atoms with Crippen LogP contribution in [0.1, 0.15) is 44.7 Å². The molecule has 2 heterocycles. The van der Waals surface area contributed by atoms with Crippen molar-refractivity contribution in [2.75, 3.05) is 5.32 Å². The molecule has 4 nitrogen and oxygen atoms in total. The van der Waals surface area contributed by atoms with Gasteiger partial charge in [0.05, 0.1) is 10.2 Å². The summed E-state index contributed by atoms with van der Waals surface area (Å²) in [4.78, 5) is 7.90. The lowest BCUT2D eigenvalue weighted by molar-refractivity contribution is 0.411. The van der Waals surface area contributed by atoms with E-state index in [0.717, 1.165) is 48.6 Å². The van der Waals surface area contributed by atoms with Crippen molar-refractivity contribution in [1.82, 2.24) is 9.97 Å². The largest absolute Gasteiger partial charge is 0.381 e. The van der Waals surface area contributed by atoms with Crippen LogP contribution in [0.4, 0.5) is 5.69 Å². The minimum Gasteiger partial charge on any atom is -0.381 e. The number of anilines is 1. The molecule has 2 aromatic rings. The van der Waals surface area contributed by atoms with Gasteiger partial charge in [-0.2, -0.15) is 0 Å². The van der Waals surface area contributed by atoms with Crippen LogP contribution in [-0.4, -0.2) is 22.1 Å². The highest BCUT2D eigenvalue weighted by atomic mass is 79.9. The fraction of sp³-hybridized carbons (Fsp3) is 0.562. The van der Waals surface area contributed by atoms with Gasteiger partial charge in [-0.25, -0.2) is 4.98 Å². The molecule has 0 spiro atoms. The summed E-state index contributed by atoms with van der Waals surface area (Å²) < 4.78 is 1.03. The second kappa shape index (κ2) is 6.36. The molecule has 0 amide bonds. The van der Waals surface area contributed by atoms with Gasteiger partial charge >= 0.3 is 0 Å². The van der Waals surface area contributed by atoms with Gasteiger partial charge in [-0.05, 0) is 54.1 Å². The van der Waals surface area contributed by atoms with Crippen LogP contribution in [0.3, 0.4) is 0 Å². The summed E-state index contributed by atoms with van der Waals surface area (Å²) in [5.41, 5.74) is 9.39. The van der Waals surface area contributed by atoms with E-state index in [-0.39, 0.29) is 0 Å². The van der Waals surface area contributed by atoms with E-state index in [1.54, 1.807) is 0 Å². The van der Waals surface area contributed by atoms with Crippen molar-refractivity contribution in [3.63, 3.8) is 0 Å². The molecule has 114 valence electrons. The molecular weight excluding hydrogens is 328 g/mol. The maximum absolute atomic E-state index is 6.00. The smallest absolute Gasteiger partial charge is 0.139 e. The van der Waals surface area contributed by atoms with Crippen molar-refractivity contribution in [2.24, 2.45) is 5.73 Å². The molecule has 0 aromatic carbocycles. The SMILES string of the molecule is CCCc1cc2c(NC3CCC(N)CC3)c(Br)cnc2[nH]1. The van der Waals surface area contributed by atoms with Crippen LogP contribution in [0.5, 0.6) is 0 Å². The maximum atomic E-state index is 6.00. The summed E-state index contributed by atoms with van der Waals surface area (Å²) >= 11 is 3.64. The van der Waals surface area contributed by atoms with Crippen LogP contribution in [0.15, 0.2) is 16.7 Å². The summed E-state index contributed by atoms with van der Waals surface area (Å²) in [6.45, 7) is 2.19. The number of H-pyrrole nitrogens is 1. The third-order valence-electron chi connectivity index (χ3n) is 4.31. The van der Waals surface area contributed by atoms with E-state index < -0.39 is 0 Å². The summed E-state index contributed by atoms with van der Waals surface area (Å²) in [5, 5.41) is 4.89. The highest BCUT2D eigenvalue weighted by Crippen LogP contribution is 2.33. The Balaban J connectivity index is 1.87. The van der Waals surface area contributed by atoms with Crippen LogP contribution in [0.2, 0.25) is 0 Å². The first-order valence-corrected chi connectivity index (χ1v) is 8.65. The first kappa shape index (κ1) is 14.9. The molecule has 0 radical (unpaired) electrons. The van der Waals surface area contributed by atoms with Gasteiger partial charge in [-0.1, -0.05) is 13.3 Å². The molecule has 4 N–H and O–H groups in total. The molecule has 1 saturated carbocycles. The van der Waals surface area contributed by atoms with E-state index in [2.05, 4.69) is 44.2 Å². The third-order valence-corrected chi connectivity index (χ3v) is 4.91. The normalized spacial score (nSPS) is 22.6. The molecular formula is C16H23BrN4. The highest BCUT2D eigenvalue weighted by Gasteiger charge is 2.20. The average Bonchev–Trinajstić information content (AvgIpc) is 2.88. The maximum Gasteiger partial charge on any atom is 0.139 e. The fourth-order valence-corrected chi connectivity index (χ4v) is 3.55. The van der Waals surface area contributed by atoms with Gasteiger partial charge in [-0.3, -0.25) is 0 Å². The van der Waals surface area contributed by atoms with Crippen LogP contribution < -0.4 is 11.1 Å². The van der Waals surface area contributed by atoms with Crippen LogP contribution in [0.25, 0.3) is 11.0 Å². The summed E-state index contributed by atoms with van der Waals surface area (Å²) in [6.07, 6.45) is 8.58. The number of aryl methyl sites for hydroxylation is 1. The summed E-state index contributed by atoms with van der Waals surface area (Å²) in [6, 6.07) is 3.12. The Bertz CT molecular complexity index is 614. The van der Waals surface area contributed by atoms with Crippen LogP contribution in [0, 0.1) is 0 Å². The van der Waals surface area contributed by atoms with E-state index >= 15 is 0 Å². The van der Waals surface area contributed by atoms with Crippen molar-refractivity contribution in [2.45, 2.75) is 57.5 Å². The number of pyridine rings is 1. The van der Waals surface area contributed by atoms with Crippen molar-refractivity contribution in [3.8, 4) is 0 Å². The number of fused-ring (bicyclic) bond motifs is 1. The van der Waals surface area contributed by atoms with Gasteiger partial charge in [0.25, 0.3) is 0 Å². The van der Waals surface area contributed by atoms with Crippen LogP contribution >= 0.6 is 15.9 Å². The number of nitrogens with one attached hydrogen (secondary N) is 2. The van der Waals surface area contributed by atoms with E-state index in [9.17, 15) is 0 Å². The predicted octanol–water partition coefficient (Wildman–Crippen LogP) is 3.96. The Hall–Kier alpha value is -1.07. The van der Waals surface area contributed by atoms with E-state index in [4.69, 9.17) is 5.73 Å². The number of aromatic nitrogens is 2. The average molecular weight is 351 g/mol. The number of hydrogen-bond acceptors (Lipinski definition) is 3. The van der Waals surface area contributed by atoms with E-state index in [1.807, 2.05) is 6.20 Å². The standard InChI is InChI=1S/C16H23BrN4/c1-2-3-12-8-13-15(14(17)9-19-16(13)21-12)20-11-6-4-10(18)5-7-11/h8-11H,2-7,18H2,1H3,(H2,19,20,21). The number of nitrogens with two attached hydrogens (primary N) is 1. The molecule has 0 aliphatic heterocycles. The zero-order chi connectivity index (χ0) is 14.8. The first-order chi connectivity index (χ1) is 10.2. The quantitative estimate of drug-likeness (QED) is 0.781. The molecule has 0 atom stereocenters. The Labute approximate surface area is 134 Å². The Morgan fingerprint density at radius 1 is 1.38 bits per heavy atom. The van der Waals surface area contributed by atoms with Gasteiger partial charge in [0.2, 0.25) is 0 Å². The number of nitrogens with zero attached hydrogens (tertiary/aromatic N) is 1. The number of rotatable bonds is 4. The van der Waals surface area contributed by atoms with Gasteiger partial charge < -0.3 is 16.0 Å². The second-order valence-electron chi connectivity index (χ2n) is 6.04. The Morgan fingerprint density at radius 2 is 2.14 bits per heavy atom. The molecule has 5 heteroatoms. The molecule has 1 fully saturated rings. The molecule has 21 heavy (non-hydrogen) atoms. The zero-order valence-corrected chi connectivity index (χ0v) is 14.0. The Kier molecular flexibility index (Phi) is 4.50. The number of aromatic amines is 1. The lowest BCUT2D eigenvalue weighted by Gasteiger charge is -2.28. The first-order valence-electron chi connectivity index (χ1n) is 7.85. The molecule has 1 aliphatic carbocycles. The lowest BCUT2D eigenvalue weighted by Crippen LogP contribution is -2.32. The molecule has 2 aromatic heterocycles. The van der Waals surface area contributed by atoms with Crippen molar-refractivity contribution < 1.29 is 0 Å². The molecule has 1 aliphatic rings. The van der Waals surface area contributed by atoms with Crippen molar-refractivity contribution >= 4 is 32.7 Å². The topological polar surface area (TPSA) is 66.7 Å². The van der Waals surface area contributed by atoms with Gasteiger partial charge in [-0.15, -0.1) is 0 Å². The predicted molar refractivity (Wildman–Crippen MR) is 91.6 cm³/mol. The molecule has 3 rings (SSSR count). The van der Waals surface area contributed by atoms with Gasteiger partial charge in [0.1, 0.15) is 5.65 Å². The number of halogens is 1. The van der Waals surface area contributed by atoms with E-state index in [0.29, 0.717) is 12.1 Å². The summed E-state index contributed by atoms with van der Waals surface area (Å²) in [7, 11) is 0. The van der Waals surface area contributed by atoms with Gasteiger partial charge in [0.15, 0.2) is 0 Å². The van der Waals surface area contributed by atoms with E-state index in [1.165, 1.54) is 16.8 Å². The zero-order valence-electron chi connectivity index (χ0n) is 12.5. The Morgan fingerprint density at radius 3 is 2.86 bits per heavy atom. The minimum atomic E-state index is 0.382. The van der Waals surface area contributed by atoms with Crippen LogP contribution in [-0.2, 0) is 6.42 Å². The highest BCUT2D eigenvalue weighted by molar-refractivity contribution is 9.10. The minimum absolute atomic E-state index is 0.382. The van der Waals surface area contributed by atoms with Gasteiger partial charge in [0, 0.05) is 29.4 Å². The fourth-order valence-electron chi connectivity index (χ4n) is 3.12. The lowest BCUT2D eigenvalue weighted by atomic mass is 9.91. The van der Waals surface area contributed by atoms with Crippen molar-refractivity contribution in [1.29, 1.82) is 0 Å². The summed E-state index contributed by atoms with van der Waals surface area (Å²) in [5.74, 6) is 0. The second-order valence-corrected chi connectivity index (χ2v) is 6.90. The number of hydrogen-bond donors (Lipinski definition) is 3. The third kappa shape index (κ3) is 3.24. The van der Waals surface area contributed by atoms with Crippen molar-refractivity contribution in [3.05, 3.63) is 22.4 Å². The molecule has 0 saturated heterocycles. The molecule has 0 bridgehead atoms. The monoisotopic (exact) mass is 350 g/mol.